The second-order valence-electron chi connectivity index (χ2n) is 8.60. The van der Waals surface area contributed by atoms with Crippen molar-refractivity contribution in [3.63, 3.8) is 0 Å². The summed E-state index contributed by atoms with van der Waals surface area (Å²) in [5.74, 6) is -1.00. The number of nitrogens with zero attached hydrogens (tertiary/aromatic N) is 4. The van der Waals surface area contributed by atoms with Crippen molar-refractivity contribution in [2.45, 2.75) is 6.92 Å². The summed E-state index contributed by atoms with van der Waals surface area (Å²) in [5, 5.41) is 11.6. The molecule has 1 aromatic heterocycles. The molecule has 0 atom stereocenters. The number of hydrogen-bond donors (Lipinski definition) is 2. The molecular weight excluding hydrogens is 500 g/mol. The second kappa shape index (κ2) is 12.0. The molecule has 0 unspecified atom stereocenters. The highest BCUT2D eigenvalue weighted by Crippen LogP contribution is 2.22. The Balaban J connectivity index is 1.56. The maximum atomic E-state index is 13.1. The zero-order valence-corrected chi connectivity index (χ0v) is 22.0. The summed E-state index contributed by atoms with van der Waals surface area (Å²) < 4.78 is 1.60. The van der Waals surface area contributed by atoms with Gasteiger partial charge in [0.25, 0.3) is 11.8 Å². The van der Waals surface area contributed by atoms with Gasteiger partial charge in [-0.15, -0.1) is 0 Å². The van der Waals surface area contributed by atoms with Crippen LogP contribution in [-0.2, 0) is 4.79 Å². The second-order valence-corrected chi connectivity index (χ2v) is 8.96. The third-order valence-electron chi connectivity index (χ3n) is 5.66. The molecule has 192 valence electrons. The third kappa shape index (κ3) is 6.35. The largest absolute Gasteiger partial charge is 0.378 e. The first-order valence-corrected chi connectivity index (χ1v) is 12.2. The van der Waals surface area contributed by atoms with Crippen LogP contribution in [0.15, 0.2) is 95.7 Å². The molecule has 4 rings (SSSR count). The number of benzene rings is 3. The molecule has 1 heterocycles. The molecule has 2 amide bonds. The van der Waals surface area contributed by atoms with Crippen LogP contribution >= 0.6 is 11.6 Å². The number of anilines is 1. The first-order chi connectivity index (χ1) is 18.3. The van der Waals surface area contributed by atoms with Gasteiger partial charge in [-0.05, 0) is 55.0 Å². The number of halogens is 1. The lowest BCUT2D eigenvalue weighted by atomic mass is 10.1. The van der Waals surface area contributed by atoms with E-state index < -0.39 is 11.8 Å². The normalized spacial score (nSPS) is 11.4. The topological polar surface area (TPSA) is 91.6 Å². The molecule has 3 aromatic carbocycles. The number of rotatable bonds is 8. The minimum atomic E-state index is -0.591. The first-order valence-electron chi connectivity index (χ1n) is 11.8. The number of amides is 2. The molecule has 0 aliphatic rings. The van der Waals surface area contributed by atoms with Gasteiger partial charge in [-0.3, -0.25) is 9.59 Å². The van der Waals surface area contributed by atoms with Crippen molar-refractivity contribution >= 4 is 41.4 Å². The minimum Gasteiger partial charge on any atom is -0.378 e. The van der Waals surface area contributed by atoms with Gasteiger partial charge in [-0.25, -0.2) is 10.1 Å². The predicted molar refractivity (Wildman–Crippen MR) is 152 cm³/mol. The zero-order chi connectivity index (χ0) is 27.1. The molecule has 0 aliphatic carbocycles. The Morgan fingerprint density at radius 1 is 0.947 bits per heavy atom. The van der Waals surface area contributed by atoms with Crippen LogP contribution in [0.1, 0.15) is 27.2 Å². The van der Waals surface area contributed by atoms with E-state index in [0.29, 0.717) is 22.0 Å². The van der Waals surface area contributed by atoms with Crippen LogP contribution in [0, 0.1) is 6.92 Å². The number of hydrogen-bond acceptors (Lipinski definition) is 5. The lowest BCUT2D eigenvalue weighted by molar-refractivity contribution is -0.117. The number of nitrogens with one attached hydrogen (secondary N) is 2. The van der Waals surface area contributed by atoms with Crippen molar-refractivity contribution in [2.75, 3.05) is 19.0 Å². The highest BCUT2D eigenvalue weighted by Gasteiger charge is 2.16. The van der Waals surface area contributed by atoms with Gasteiger partial charge in [0.2, 0.25) is 0 Å². The zero-order valence-electron chi connectivity index (χ0n) is 21.2. The summed E-state index contributed by atoms with van der Waals surface area (Å²) >= 11 is 6.55. The van der Waals surface area contributed by atoms with Gasteiger partial charge < -0.3 is 10.2 Å². The van der Waals surface area contributed by atoms with Gasteiger partial charge in [0.15, 0.2) is 0 Å². The molecule has 0 saturated carbocycles. The molecule has 0 fully saturated rings. The SMILES string of the molecule is Cc1nn(-c2ccccc2)c(Cl)c1/C=N/NC(=O)/C(=C/c1ccc(N(C)C)cc1)NC(=O)c1ccccc1. The Morgan fingerprint density at radius 3 is 2.21 bits per heavy atom. The number of hydrazone groups is 1. The summed E-state index contributed by atoms with van der Waals surface area (Å²) in [6.07, 6.45) is 3.03. The summed E-state index contributed by atoms with van der Waals surface area (Å²) in [6, 6.07) is 25.7. The number of aromatic nitrogens is 2. The van der Waals surface area contributed by atoms with Gasteiger partial charge >= 0.3 is 0 Å². The van der Waals surface area contributed by atoms with E-state index in [-0.39, 0.29) is 5.70 Å². The van der Waals surface area contributed by atoms with E-state index >= 15 is 0 Å². The summed E-state index contributed by atoms with van der Waals surface area (Å²) in [4.78, 5) is 27.9. The quantitative estimate of drug-likeness (QED) is 0.195. The van der Waals surface area contributed by atoms with Gasteiger partial charge in [0.05, 0.1) is 23.2 Å². The van der Waals surface area contributed by atoms with Gasteiger partial charge in [0.1, 0.15) is 10.9 Å². The Hall–Kier alpha value is -4.69. The average molecular weight is 527 g/mol. The van der Waals surface area contributed by atoms with E-state index in [1.54, 1.807) is 41.9 Å². The van der Waals surface area contributed by atoms with Crippen molar-refractivity contribution < 1.29 is 9.59 Å². The van der Waals surface area contributed by atoms with Gasteiger partial charge in [-0.1, -0.05) is 60.1 Å². The van der Waals surface area contributed by atoms with Crippen LogP contribution < -0.4 is 15.6 Å². The standard InChI is InChI=1S/C29H27ClN6O2/c1-20-25(27(30)36(34-20)24-12-8-5-9-13-24)19-31-33-29(38)26(32-28(37)22-10-6-4-7-11-22)18-21-14-16-23(17-15-21)35(2)3/h4-19H,1-3H3,(H,32,37)(H,33,38)/b26-18-,31-19+. The van der Waals surface area contributed by atoms with Crippen LogP contribution in [0.2, 0.25) is 5.15 Å². The van der Waals surface area contributed by atoms with Gasteiger partial charge in [-0.2, -0.15) is 10.2 Å². The third-order valence-corrected chi connectivity index (χ3v) is 6.02. The number of para-hydroxylation sites is 1. The number of carbonyl (C=O) groups excluding carboxylic acids is 2. The molecule has 4 aromatic rings. The molecule has 8 nitrogen and oxygen atoms in total. The van der Waals surface area contributed by atoms with Crippen LogP contribution in [0.5, 0.6) is 0 Å². The fraction of sp³-hybridized carbons (Fsp3) is 0.103. The van der Waals surface area contributed by atoms with E-state index in [0.717, 1.165) is 16.9 Å². The molecule has 0 spiro atoms. The molecule has 2 N–H and O–H groups in total. The van der Waals surface area contributed by atoms with Crippen LogP contribution in [0.25, 0.3) is 11.8 Å². The Labute approximate surface area is 226 Å². The Morgan fingerprint density at radius 2 is 1.58 bits per heavy atom. The maximum Gasteiger partial charge on any atom is 0.287 e. The fourth-order valence-corrected chi connectivity index (χ4v) is 3.91. The molecule has 0 saturated heterocycles. The fourth-order valence-electron chi connectivity index (χ4n) is 3.59. The minimum absolute atomic E-state index is 0.0383. The van der Waals surface area contributed by atoms with Crippen LogP contribution in [0.3, 0.4) is 0 Å². The maximum absolute atomic E-state index is 13.1. The lowest BCUT2D eigenvalue weighted by Crippen LogP contribution is -2.32. The van der Waals surface area contributed by atoms with Crippen molar-refractivity contribution in [3.05, 3.63) is 118 Å². The predicted octanol–water partition coefficient (Wildman–Crippen LogP) is 4.82. The van der Waals surface area contributed by atoms with E-state index in [9.17, 15) is 9.59 Å². The number of aryl methyl sites for hydroxylation is 1. The summed E-state index contributed by atoms with van der Waals surface area (Å²) in [5.41, 5.74) is 6.71. The van der Waals surface area contributed by atoms with Crippen molar-refractivity contribution in [3.8, 4) is 5.69 Å². The van der Waals surface area contributed by atoms with Crippen molar-refractivity contribution in [1.29, 1.82) is 0 Å². The molecule has 0 radical (unpaired) electrons. The molecular formula is C29H27ClN6O2. The van der Waals surface area contributed by atoms with E-state index in [2.05, 4.69) is 20.9 Å². The lowest BCUT2D eigenvalue weighted by Gasteiger charge is -2.12. The van der Waals surface area contributed by atoms with Crippen LogP contribution in [-0.4, -0.2) is 41.9 Å². The number of carbonyl (C=O) groups is 2. The average Bonchev–Trinajstić information content (AvgIpc) is 3.22. The van der Waals surface area contributed by atoms with E-state index in [1.807, 2.05) is 79.7 Å². The molecule has 0 bridgehead atoms. The van der Waals surface area contributed by atoms with Crippen molar-refractivity contribution in [1.82, 2.24) is 20.5 Å². The Kier molecular flexibility index (Phi) is 8.35. The summed E-state index contributed by atoms with van der Waals surface area (Å²) in [6.45, 7) is 1.80. The highest BCUT2D eigenvalue weighted by atomic mass is 35.5. The van der Waals surface area contributed by atoms with E-state index in [1.165, 1.54) is 6.21 Å². The molecule has 0 aliphatic heterocycles. The van der Waals surface area contributed by atoms with E-state index in [4.69, 9.17) is 11.6 Å². The summed E-state index contributed by atoms with van der Waals surface area (Å²) in [7, 11) is 3.89. The van der Waals surface area contributed by atoms with Crippen molar-refractivity contribution in [2.24, 2.45) is 5.10 Å². The van der Waals surface area contributed by atoms with Crippen LogP contribution in [0.4, 0.5) is 5.69 Å². The monoisotopic (exact) mass is 526 g/mol. The highest BCUT2D eigenvalue weighted by molar-refractivity contribution is 6.32. The smallest absolute Gasteiger partial charge is 0.287 e. The molecule has 9 heteroatoms. The molecule has 38 heavy (non-hydrogen) atoms. The first kappa shape index (κ1) is 26.4. The Bertz CT molecular complexity index is 1480. The van der Waals surface area contributed by atoms with Gasteiger partial charge in [0, 0.05) is 25.3 Å².